The van der Waals surface area contributed by atoms with E-state index >= 15 is 0 Å². The van der Waals surface area contributed by atoms with E-state index in [0.29, 0.717) is 6.42 Å². The Labute approximate surface area is 91.0 Å². The first-order chi connectivity index (χ1) is 7.17. The van der Waals surface area contributed by atoms with Gasteiger partial charge in [0, 0.05) is 21.3 Å². The van der Waals surface area contributed by atoms with E-state index in [1.165, 1.54) is 5.56 Å². The van der Waals surface area contributed by atoms with Crippen molar-refractivity contribution in [2.45, 2.75) is 19.3 Å². The second kappa shape index (κ2) is 5.26. The van der Waals surface area contributed by atoms with Gasteiger partial charge in [0.15, 0.2) is 0 Å². The minimum Gasteiger partial charge on any atom is -0.331 e. The van der Waals surface area contributed by atoms with Crippen LogP contribution in [0, 0.1) is 6.92 Å². The molecule has 0 aliphatic rings. The first kappa shape index (κ1) is 12.2. The Kier molecular flexibility index (Phi) is 4.27. The van der Waals surface area contributed by atoms with Gasteiger partial charge in [0.25, 0.3) is 5.97 Å². The summed E-state index contributed by atoms with van der Waals surface area (Å²) in [6.45, 7) is 2.06. The number of methoxy groups -OCH3 is 3. The normalized spacial score (nSPS) is 11.7. The van der Waals surface area contributed by atoms with Gasteiger partial charge >= 0.3 is 0 Å². The first-order valence-electron chi connectivity index (χ1n) is 4.87. The van der Waals surface area contributed by atoms with Crippen LogP contribution in [-0.2, 0) is 20.6 Å². The molecule has 0 radical (unpaired) electrons. The maximum atomic E-state index is 5.25. The van der Waals surface area contributed by atoms with Crippen molar-refractivity contribution in [1.82, 2.24) is 0 Å². The maximum absolute atomic E-state index is 5.25. The Morgan fingerprint density at radius 2 is 1.53 bits per heavy atom. The zero-order valence-electron chi connectivity index (χ0n) is 9.74. The van der Waals surface area contributed by atoms with E-state index in [0.717, 1.165) is 5.56 Å². The van der Waals surface area contributed by atoms with Crippen molar-refractivity contribution in [3.05, 3.63) is 35.4 Å². The van der Waals surface area contributed by atoms with Gasteiger partial charge in [-0.25, -0.2) is 0 Å². The molecular formula is C12H18O3. The van der Waals surface area contributed by atoms with Crippen LogP contribution in [0.2, 0.25) is 0 Å². The average molecular weight is 210 g/mol. The van der Waals surface area contributed by atoms with Gasteiger partial charge < -0.3 is 14.2 Å². The minimum absolute atomic E-state index is 0.573. The topological polar surface area (TPSA) is 27.7 Å². The van der Waals surface area contributed by atoms with Gasteiger partial charge in [-0.3, -0.25) is 0 Å². The summed E-state index contributed by atoms with van der Waals surface area (Å²) in [7, 11) is 4.72. The molecule has 0 heterocycles. The third kappa shape index (κ3) is 2.78. The molecule has 1 aromatic rings. The summed E-state index contributed by atoms with van der Waals surface area (Å²) in [5.41, 5.74) is 2.36. The fraction of sp³-hybridized carbons (Fsp3) is 0.500. The second-order valence-corrected chi connectivity index (χ2v) is 3.40. The fourth-order valence-electron chi connectivity index (χ4n) is 1.51. The van der Waals surface area contributed by atoms with Gasteiger partial charge in [0.2, 0.25) is 0 Å². The molecule has 0 saturated heterocycles. The van der Waals surface area contributed by atoms with Crippen molar-refractivity contribution < 1.29 is 14.2 Å². The summed E-state index contributed by atoms with van der Waals surface area (Å²) >= 11 is 0. The lowest BCUT2D eigenvalue weighted by Crippen LogP contribution is -2.38. The quantitative estimate of drug-likeness (QED) is 0.697. The van der Waals surface area contributed by atoms with Crippen molar-refractivity contribution >= 4 is 0 Å². The average Bonchev–Trinajstić information content (AvgIpc) is 2.29. The molecule has 1 rings (SSSR count). The van der Waals surface area contributed by atoms with Crippen LogP contribution in [0.3, 0.4) is 0 Å². The molecule has 15 heavy (non-hydrogen) atoms. The molecule has 0 aromatic heterocycles. The molecule has 0 N–H and O–H groups in total. The van der Waals surface area contributed by atoms with E-state index in [1.54, 1.807) is 21.3 Å². The Morgan fingerprint density at radius 3 is 2.00 bits per heavy atom. The van der Waals surface area contributed by atoms with Crippen LogP contribution in [0.5, 0.6) is 0 Å². The predicted molar refractivity (Wildman–Crippen MR) is 58.6 cm³/mol. The number of aryl methyl sites for hydroxylation is 1. The Morgan fingerprint density at radius 1 is 1.00 bits per heavy atom. The molecule has 0 fully saturated rings. The van der Waals surface area contributed by atoms with Crippen LogP contribution in [0.25, 0.3) is 0 Å². The van der Waals surface area contributed by atoms with Gasteiger partial charge in [-0.15, -0.1) is 0 Å². The number of benzene rings is 1. The molecule has 1 aromatic carbocycles. The van der Waals surface area contributed by atoms with Gasteiger partial charge in [-0.2, -0.15) is 0 Å². The molecule has 0 aliphatic carbocycles. The van der Waals surface area contributed by atoms with Crippen LogP contribution in [0.4, 0.5) is 0 Å². The third-order valence-electron chi connectivity index (χ3n) is 2.60. The zero-order chi connectivity index (χ0) is 11.3. The highest BCUT2D eigenvalue weighted by molar-refractivity contribution is 5.26. The number of rotatable bonds is 5. The Hall–Kier alpha value is -0.900. The smallest absolute Gasteiger partial charge is 0.286 e. The SMILES string of the molecule is COC(Cc1ccccc1C)(OC)OC. The summed E-state index contributed by atoms with van der Waals surface area (Å²) in [6, 6.07) is 8.10. The van der Waals surface area contributed by atoms with Crippen LogP contribution in [0.1, 0.15) is 11.1 Å². The van der Waals surface area contributed by atoms with E-state index in [-0.39, 0.29) is 0 Å². The van der Waals surface area contributed by atoms with Gasteiger partial charge in [-0.05, 0) is 18.1 Å². The highest BCUT2D eigenvalue weighted by atomic mass is 16.9. The molecule has 0 unspecified atom stereocenters. The largest absolute Gasteiger partial charge is 0.331 e. The van der Waals surface area contributed by atoms with Crippen molar-refractivity contribution in [1.29, 1.82) is 0 Å². The number of hydrogen-bond donors (Lipinski definition) is 0. The first-order valence-corrected chi connectivity index (χ1v) is 4.87. The Balaban J connectivity index is 2.88. The van der Waals surface area contributed by atoms with Gasteiger partial charge in [-0.1, -0.05) is 24.3 Å². The lowest BCUT2D eigenvalue weighted by atomic mass is 10.0. The van der Waals surface area contributed by atoms with Crippen molar-refractivity contribution in [3.63, 3.8) is 0 Å². The molecule has 3 nitrogen and oxygen atoms in total. The van der Waals surface area contributed by atoms with E-state index in [4.69, 9.17) is 14.2 Å². The van der Waals surface area contributed by atoms with E-state index in [9.17, 15) is 0 Å². The number of ether oxygens (including phenoxy) is 3. The van der Waals surface area contributed by atoms with E-state index in [1.807, 2.05) is 18.2 Å². The minimum atomic E-state index is -0.980. The van der Waals surface area contributed by atoms with E-state index < -0.39 is 5.97 Å². The molecule has 0 spiro atoms. The van der Waals surface area contributed by atoms with Crippen molar-refractivity contribution in [2.75, 3.05) is 21.3 Å². The zero-order valence-corrected chi connectivity index (χ0v) is 9.74. The van der Waals surface area contributed by atoms with E-state index in [2.05, 4.69) is 13.0 Å². The third-order valence-corrected chi connectivity index (χ3v) is 2.60. The summed E-state index contributed by atoms with van der Waals surface area (Å²) in [5.74, 6) is -0.980. The Bertz CT molecular complexity index is 297. The van der Waals surface area contributed by atoms with Crippen LogP contribution < -0.4 is 0 Å². The second-order valence-electron chi connectivity index (χ2n) is 3.40. The highest BCUT2D eigenvalue weighted by Gasteiger charge is 2.30. The summed E-state index contributed by atoms with van der Waals surface area (Å²) in [5, 5.41) is 0. The molecule has 0 bridgehead atoms. The predicted octanol–water partition coefficient (Wildman–Crippen LogP) is 2.13. The van der Waals surface area contributed by atoms with Crippen molar-refractivity contribution in [3.8, 4) is 0 Å². The monoisotopic (exact) mass is 210 g/mol. The number of hydrogen-bond acceptors (Lipinski definition) is 3. The molecule has 0 amide bonds. The molecular weight excluding hydrogens is 192 g/mol. The summed E-state index contributed by atoms with van der Waals surface area (Å²) in [4.78, 5) is 0. The molecule has 3 heteroatoms. The molecule has 0 saturated carbocycles. The van der Waals surface area contributed by atoms with Gasteiger partial charge in [0.05, 0.1) is 6.42 Å². The van der Waals surface area contributed by atoms with Crippen molar-refractivity contribution in [2.24, 2.45) is 0 Å². The van der Waals surface area contributed by atoms with Gasteiger partial charge in [0.1, 0.15) is 0 Å². The maximum Gasteiger partial charge on any atom is 0.286 e. The molecule has 0 aliphatic heterocycles. The lowest BCUT2D eigenvalue weighted by Gasteiger charge is -2.29. The summed E-state index contributed by atoms with van der Waals surface area (Å²) < 4.78 is 15.8. The summed E-state index contributed by atoms with van der Waals surface area (Å²) in [6.07, 6.45) is 0.573. The highest BCUT2D eigenvalue weighted by Crippen LogP contribution is 2.21. The lowest BCUT2D eigenvalue weighted by molar-refractivity contribution is -0.351. The van der Waals surface area contributed by atoms with Crippen LogP contribution >= 0.6 is 0 Å². The standard InChI is InChI=1S/C12H18O3/c1-10-7-5-6-8-11(10)9-12(13-2,14-3)15-4/h5-8H,9H2,1-4H3. The molecule has 84 valence electrons. The van der Waals surface area contributed by atoms with Crippen LogP contribution in [-0.4, -0.2) is 27.3 Å². The van der Waals surface area contributed by atoms with Crippen LogP contribution in [0.15, 0.2) is 24.3 Å². The fourth-order valence-corrected chi connectivity index (χ4v) is 1.51. The molecule has 0 atom stereocenters.